The van der Waals surface area contributed by atoms with E-state index in [9.17, 15) is 13.5 Å². The van der Waals surface area contributed by atoms with Crippen molar-refractivity contribution >= 4 is 9.84 Å². The minimum atomic E-state index is -3.03. The van der Waals surface area contributed by atoms with Crippen molar-refractivity contribution in [3.63, 3.8) is 0 Å². The molecule has 0 bridgehead atoms. The largest absolute Gasteiger partial charge is 0.390 e. The number of piperidine rings is 1. The number of rotatable bonds is 4. The van der Waals surface area contributed by atoms with Crippen LogP contribution < -0.4 is 5.32 Å². The summed E-state index contributed by atoms with van der Waals surface area (Å²) in [6, 6.07) is -0.265. The fourth-order valence-corrected chi connectivity index (χ4v) is 4.62. The molecule has 18 heavy (non-hydrogen) atoms. The highest BCUT2D eigenvalue weighted by atomic mass is 32.2. The summed E-state index contributed by atoms with van der Waals surface area (Å²) in [7, 11) is -3.03. The summed E-state index contributed by atoms with van der Waals surface area (Å²) >= 11 is 0. The molecule has 2 aliphatic rings. The predicted molar refractivity (Wildman–Crippen MR) is 71.3 cm³/mol. The molecule has 2 unspecified atom stereocenters. The first-order valence-electron chi connectivity index (χ1n) is 6.84. The maximum absolute atomic E-state index is 11.4. The summed E-state index contributed by atoms with van der Waals surface area (Å²) in [5, 5.41) is 12.9. The molecule has 0 radical (unpaired) electrons. The molecule has 2 atom stereocenters. The van der Waals surface area contributed by atoms with Gasteiger partial charge in [0.2, 0.25) is 0 Å². The van der Waals surface area contributed by atoms with Crippen molar-refractivity contribution in [2.24, 2.45) is 5.92 Å². The second-order valence-electron chi connectivity index (χ2n) is 5.54. The number of likely N-dealkylation sites (tertiary alicyclic amines) is 1. The summed E-state index contributed by atoms with van der Waals surface area (Å²) in [5.41, 5.74) is 0. The normalized spacial score (nSPS) is 33.9. The third kappa shape index (κ3) is 3.66. The molecule has 6 heteroatoms. The lowest BCUT2D eigenvalue weighted by Gasteiger charge is -2.31. The molecule has 0 aromatic rings. The number of hydrogen-bond donors (Lipinski definition) is 2. The summed E-state index contributed by atoms with van der Waals surface area (Å²) < 4.78 is 22.8. The van der Waals surface area contributed by atoms with E-state index in [1.54, 1.807) is 0 Å². The van der Waals surface area contributed by atoms with E-state index in [1.807, 2.05) is 0 Å². The van der Waals surface area contributed by atoms with Crippen molar-refractivity contribution in [3.8, 4) is 0 Å². The van der Waals surface area contributed by atoms with Crippen LogP contribution in [0.2, 0.25) is 0 Å². The quantitative estimate of drug-likeness (QED) is 0.722. The lowest BCUT2D eigenvalue weighted by Crippen LogP contribution is -2.44. The van der Waals surface area contributed by atoms with Gasteiger partial charge in [-0.15, -0.1) is 0 Å². The van der Waals surface area contributed by atoms with E-state index in [2.05, 4.69) is 17.1 Å². The maximum atomic E-state index is 11.4. The second kappa shape index (κ2) is 5.86. The molecule has 0 aromatic carbocycles. The van der Waals surface area contributed by atoms with Gasteiger partial charge in [-0.1, -0.05) is 6.92 Å². The van der Waals surface area contributed by atoms with Gasteiger partial charge in [0.25, 0.3) is 0 Å². The molecule has 5 nitrogen and oxygen atoms in total. The van der Waals surface area contributed by atoms with Crippen molar-refractivity contribution in [2.45, 2.75) is 31.9 Å². The Morgan fingerprint density at radius 3 is 2.44 bits per heavy atom. The van der Waals surface area contributed by atoms with E-state index in [0.717, 1.165) is 39.0 Å². The van der Waals surface area contributed by atoms with E-state index >= 15 is 0 Å². The Morgan fingerprint density at radius 1 is 1.28 bits per heavy atom. The smallest absolute Gasteiger partial charge is 0.154 e. The summed E-state index contributed by atoms with van der Waals surface area (Å²) in [6.07, 6.45) is 1.60. The second-order valence-corrected chi connectivity index (χ2v) is 7.69. The average molecular weight is 276 g/mol. The van der Waals surface area contributed by atoms with Crippen LogP contribution in [-0.2, 0) is 9.84 Å². The zero-order valence-electron chi connectivity index (χ0n) is 11.0. The highest BCUT2D eigenvalue weighted by Crippen LogP contribution is 2.18. The molecule has 0 spiro atoms. The van der Waals surface area contributed by atoms with Gasteiger partial charge in [-0.3, -0.25) is 0 Å². The zero-order chi connectivity index (χ0) is 13.2. The fraction of sp³-hybridized carbons (Fsp3) is 1.00. The Morgan fingerprint density at radius 2 is 1.94 bits per heavy atom. The van der Waals surface area contributed by atoms with Gasteiger partial charge < -0.3 is 15.3 Å². The highest BCUT2D eigenvalue weighted by molar-refractivity contribution is 7.91. The minimum Gasteiger partial charge on any atom is -0.390 e. The van der Waals surface area contributed by atoms with Crippen LogP contribution in [0.5, 0.6) is 0 Å². The number of nitrogens with zero attached hydrogens (tertiary/aromatic N) is 1. The van der Waals surface area contributed by atoms with Crippen LogP contribution in [0.3, 0.4) is 0 Å². The molecular weight excluding hydrogens is 252 g/mol. The van der Waals surface area contributed by atoms with Crippen molar-refractivity contribution in [1.29, 1.82) is 0 Å². The van der Waals surface area contributed by atoms with E-state index in [4.69, 9.17) is 0 Å². The van der Waals surface area contributed by atoms with Crippen molar-refractivity contribution in [1.82, 2.24) is 10.2 Å². The third-order valence-electron chi connectivity index (χ3n) is 4.15. The first kappa shape index (κ1) is 14.2. The fourth-order valence-electron chi connectivity index (χ4n) is 2.85. The molecular formula is C12H24N2O3S. The molecule has 2 N–H and O–H groups in total. The molecule has 0 aliphatic carbocycles. The Labute approximate surface area is 109 Å². The maximum Gasteiger partial charge on any atom is 0.154 e. The number of sulfone groups is 1. The Bertz CT molecular complexity index is 364. The average Bonchev–Trinajstić information content (AvgIpc) is 2.60. The SMILES string of the molecule is CCN1CCC(CNC2CS(=O)(=O)CC2O)CC1. The summed E-state index contributed by atoms with van der Waals surface area (Å²) in [6.45, 7) is 6.38. The van der Waals surface area contributed by atoms with Crippen LogP contribution >= 0.6 is 0 Å². The Kier molecular flexibility index (Phi) is 4.64. The molecule has 0 aromatic heterocycles. The van der Waals surface area contributed by atoms with Crippen molar-refractivity contribution in [2.75, 3.05) is 37.7 Å². The third-order valence-corrected chi connectivity index (χ3v) is 5.86. The van der Waals surface area contributed by atoms with Crippen LogP contribution in [0.15, 0.2) is 0 Å². The predicted octanol–water partition coefficient (Wildman–Crippen LogP) is -0.534. The van der Waals surface area contributed by atoms with Gasteiger partial charge in [-0.05, 0) is 44.9 Å². The van der Waals surface area contributed by atoms with Gasteiger partial charge in [-0.25, -0.2) is 8.42 Å². The van der Waals surface area contributed by atoms with E-state index in [0.29, 0.717) is 5.92 Å². The van der Waals surface area contributed by atoms with Crippen molar-refractivity contribution in [3.05, 3.63) is 0 Å². The summed E-state index contributed by atoms with van der Waals surface area (Å²) in [5.74, 6) is 0.615. The first-order chi connectivity index (χ1) is 8.50. The number of hydrogen-bond acceptors (Lipinski definition) is 5. The molecule has 106 valence electrons. The lowest BCUT2D eigenvalue weighted by molar-refractivity contribution is 0.151. The first-order valence-corrected chi connectivity index (χ1v) is 8.66. The zero-order valence-corrected chi connectivity index (χ0v) is 11.8. The minimum absolute atomic E-state index is 0.0844. The van der Waals surface area contributed by atoms with E-state index < -0.39 is 15.9 Å². The van der Waals surface area contributed by atoms with E-state index in [1.165, 1.54) is 0 Å². The molecule has 2 saturated heterocycles. The molecule has 2 heterocycles. The van der Waals surface area contributed by atoms with Gasteiger partial charge in [-0.2, -0.15) is 0 Å². The highest BCUT2D eigenvalue weighted by Gasteiger charge is 2.36. The van der Waals surface area contributed by atoms with Gasteiger partial charge >= 0.3 is 0 Å². The molecule has 2 fully saturated rings. The molecule has 2 aliphatic heterocycles. The van der Waals surface area contributed by atoms with Gasteiger partial charge in [0, 0.05) is 6.04 Å². The van der Waals surface area contributed by atoms with Gasteiger partial charge in [0.05, 0.1) is 17.6 Å². The number of aliphatic hydroxyl groups excluding tert-OH is 1. The van der Waals surface area contributed by atoms with Crippen LogP contribution in [0.25, 0.3) is 0 Å². The summed E-state index contributed by atoms with van der Waals surface area (Å²) in [4.78, 5) is 2.44. The van der Waals surface area contributed by atoms with E-state index in [-0.39, 0.29) is 17.5 Å². The van der Waals surface area contributed by atoms with Crippen LogP contribution in [-0.4, -0.2) is 68.3 Å². The van der Waals surface area contributed by atoms with Gasteiger partial charge in [0.1, 0.15) is 0 Å². The lowest BCUT2D eigenvalue weighted by atomic mass is 9.96. The van der Waals surface area contributed by atoms with Crippen LogP contribution in [0.4, 0.5) is 0 Å². The Hall–Kier alpha value is -0.170. The van der Waals surface area contributed by atoms with Crippen LogP contribution in [0.1, 0.15) is 19.8 Å². The monoisotopic (exact) mass is 276 g/mol. The molecule has 0 amide bonds. The molecule has 0 saturated carbocycles. The standard InChI is InChI=1S/C12H24N2O3S/c1-2-14-5-3-10(4-6-14)7-13-11-8-18(16,17)9-12(11)15/h10-13,15H,2-9H2,1H3. The number of nitrogens with one attached hydrogen (secondary N) is 1. The van der Waals surface area contributed by atoms with Crippen molar-refractivity contribution < 1.29 is 13.5 Å². The number of aliphatic hydroxyl groups is 1. The molecule has 2 rings (SSSR count). The topological polar surface area (TPSA) is 69.6 Å². The van der Waals surface area contributed by atoms with Crippen LogP contribution in [0, 0.1) is 5.92 Å². The van der Waals surface area contributed by atoms with Gasteiger partial charge in [0.15, 0.2) is 9.84 Å². The Balaban J connectivity index is 1.73.